The van der Waals surface area contributed by atoms with Crippen LogP contribution in [-0.2, 0) is 0 Å². The van der Waals surface area contributed by atoms with Gasteiger partial charge in [0, 0.05) is 35.9 Å². The number of rotatable bonds is 4. The number of aromatic nitrogens is 3. The number of carbonyl (C=O) groups excluding carboxylic acids is 1. The first kappa shape index (κ1) is 20.2. The smallest absolute Gasteiger partial charge is 0.255 e. The molecule has 5 rings (SSSR count). The Morgan fingerprint density at radius 1 is 1.12 bits per heavy atom. The molecule has 0 bridgehead atoms. The molecule has 2 aromatic heterocycles. The van der Waals surface area contributed by atoms with Crippen molar-refractivity contribution in [2.45, 2.75) is 31.9 Å². The van der Waals surface area contributed by atoms with Crippen LogP contribution in [0.25, 0.3) is 22.3 Å². The summed E-state index contributed by atoms with van der Waals surface area (Å²) in [5, 5.41) is 1.08. The highest BCUT2D eigenvalue weighted by molar-refractivity contribution is 6.00. The van der Waals surface area contributed by atoms with Crippen molar-refractivity contribution in [3.05, 3.63) is 78.4 Å². The van der Waals surface area contributed by atoms with Gasteiger partial charge in [-0.25, -0.2) is 14.4 Å². The summed E-state index contributed by atoms with van der Waals surface area (Å²) >= 11 is 0. The minimum absolute atomic E-state index is 0.129. The first-order valence-corrected chi connectivity index (χ1v) is 10.7. The fourth-order valence-corrected chi connectivity index (χ4v) is 4.34. The number of nitrogens with one attached hydrogen (secondary N) is 1. The zero-order chi connectivity index (χ0) is 22.1. The number of para-hydroxylation sites is 1. The largest absolute Gasteiger partial charge is 0.473 e. The minimum atomic E-state index is -0.516. The van der Waals surface area contributed by atoms with Crippen molar-refractivity contribution in [3.8, 4) is 17.3 Å². The summed E-state index contributed by atoms with van der Waals surface area (Å²) < 4.78 is 21.0. The maximum Gasteiger partial charge on any atom is 0.255 e. The summed E-state index contributed by atoms with van der Waals surface area (Å²) in [6.07, 6.45) is 4.53. The molecule has 1 N–H and O–H groups in total. The second kappa shape index (κ2) is 8.42. The summed E-state index contributed by atoms with van der Waals surface area (Å²) in [6.45, 7) is 2.56. The molecule has 1 fully saturated rings. The van der Waals surface area contributed by atoms with Gasteiger partial charge in [-0.3, -0.25) is 4.79 Å². The Bertz CT molecular complexity index is 1220. The molecule has 1 aliphatic rings. The molecule has 2 aromatic carbocycles. The number of carbonyl (C=O) groups is 1. The van der Waals surface area contributed by atoms with Crippen molar-refractivity contribution in [1.82, 2.24) is 19.9 Å². The van der Waals surface area contributed by atoms with E-state index in [4.69, 9.17) is 4.74 Å². The van der Waals surface area contributed by atoms with Crippen molar-refractivity contribution in [2.24, 2.45) is 0 Å². The molecule has 0 saturated carbocycles. The number of amides is 1. The molecule has 0 aliphatic carbocycles. The summed E-state index contributed by atoms with van der Waals surface area (Å²) in [5.41, 5.74) is 1.39. The van der Waals surface area contributed by atoms with E-state index in [1.54, 1.807) is 23.1 Å². The van der Waals surface area contributed by atoms with Crippen LogP contribution in [0.15, 0.2) is 67.0 Å². The van der Waals surface area contributed by atoms with Crippen LogP contribution in [0.4, 0.5) is 4.39 Å². The number of halogens is 1. The van der Waals surface area contributed by atoms with Crippen LogP contribution in [0.5, 0.6) is 5.88 Å². The van der Waals surface area contributed by atoms with E-state index in [2.05, 4.69) is 15.0 Å². The number of ether oxygens (including phenoxy) is 1. The normalized spacial score (nSPS) is 18.6. The number of nitrogens with zero attached hydrogens (tertiary/aromatic N) is 3. The van der Waals surface area contributed by atoms with E-state index in [1.165, 1.54) is 18.5 Å². The number of piperidine rings is 1. The lowest BCUT2D eigenvalue weighted by Gasteiger charge is -2.39. The third kappa shape index (κ3) is 3.70. The van der Waals surface area contributed by atoms with Gasteiger partial charge in [-0.2, -0.15) is 0 Å². The Morgan fingerprint density at radius 3 is 2.75 bits per heavy atom. The van der Waals surface area contributed by atoms with Crippen LogP contribution in [-0.4, -0.2) is 44.4 Å². The first-order valence-electron chi connectivity index (χ1n) is 10.7. The second-order valence-corrected chi connectivity index (χ2v) is 7.99. The van der Waals surface area contributed by atoms with E-state index in [0.717, 1.165) is 23.7 Å². The molecule has 3 heterocycles. The van der Waals surface area contributed by atoms with Gasteiger partial charge >= 0.3 is 0 Å². The lowest BCUT2D eigenvalue weighted by molar-refractivity contribution is 0.0269. The minimum Gasteiger partial charge on any atom is -0.473 e. The average Bonchev–Trinajstić information content (AvgIpc) is 3.23. The third-order valence-corrected chi connectivity index (χ3v) is 6.00. The Morgan fingerprint density at radius 2 is 1.94 bits per heavy atom. The molecule has 0 radical (unpaired) electrons. The van der Waals surface area contributed by atoms with E-state index >= 15 is 0 Å². The van der Waals surface area contributed by atoms with E-state index in [9.17, 15) is 9.18 Å². The summed E-state index contributed by atoms with van der Waals surface area (Å²) in [5.74, 6) is 0.118. The lowest BCUT2D eigenvalue weighted by Crippen LogP contribution is -2.51. The number of H-pyrrole nitrogens is 1. The Balaban J connectivity index is 1.41. The van der Waals surface area contributed by atoms with Gasteiger partial charge in [-0.1, -0.05) is 24.3 Å². The van der Waals surface area contributed by atoms with E-state index < -0.39 is 5.82 Å². The summed E-state index contributed by atoms with van der Waals surface area (Å²) in [4.78, 5) is 26.9. The predicted molar refractivity (Wildman–Crippen MR) is 120 cm³/mol. The molecule has 1 amide bonds. The standard InChI is InChI=1S/C25H23FN4O2/c1-16-21(32-22-15-17-7-2-3-10-20(17)29-22)11-5-14-30(16)25(31)18-8-4-9-19(26)23(18)24-27-12-6-13-28-24/h2-4,6-10,12-13,15-16,21,29H,5,11,14H2,1H3/t16-,21+/m0/s1. The Hall–Kier alpha value is -3.74. The van der Waals surface area contributed by atoms with Crippen LogP contribution in [0.2, 0.25) is 0 Å². The fraction of sp³-hybridized carbons (Fsp3) is 0.240. The van der Waals surface area contributed by atoms with Crippen molar-refractivity contribution in [1.29, 1.82) is 0 Å². The quantitative estimate of drug-likeness (QED) is 0.503. The van der Waals surface area contributed by atoms with Crippen LogP contribution in [0.3, 0.4) is 0 Å². The van der Waals surface area contributed by atoms with Crippen molar-refractivity contribution < 1.29 is 13.9 Å². The van der Waals surface area contributed by atoms with Crippen molar-refractivity contribution in [2.75, 3.05) is 6.54 Å². The van der Waals surface area contributed by atoms with Gasteiger partial charge in [0.25, 0.3) is 5.91 Å². The fourth-order valence-electron chi connectivity index (χ4n) is 4.34. The molecular weight excluding hydrogens is 407 g/mol. The van der Waals surface area contributed by atoms with Crippen molar-refractivity contribution in [3.63, 3.8) is 0 Å². The number of hydrogen-bond acceptors (Lipinski definition) is 4. The van der Waals surface area contributed by atoms with Gasteiger partial charge in [0.2, 0.25) is 0 Å². The molecule has 0 spiro atoms. The van der Waals surface area contributed by atoms with E-state index in [1.807, 2.05) is 37.3 Å². The molecule has 1 aliphatic heterocycles. The highest BCUT2D eigenvalue weighted by Gasteiger charge is 2.34. The maximum atomic E-state index is 14.7. The van der Waals surface area contributed by atoms with E-state index in [-0.39, 0.29) is 35.0 Å². The average molecular weight is 430 g/mol. The topological polar surface area (TPSA) is 71.1 Å². The number of benzene rings is 2. The van der Waals surface area contributed by atoms with Crippen LogP contribution in [0.1, 0.15) is 30.1 Å². The van der Waals surface area contributed by atoms with Gasteiger partial charge in [-0.15, -0.1) is 0 Å². The molecule has 6 nitrogen and oxygen atoms in total. The predicted octanol–water partition coefficient (Wildman–Crippen LogP) is 4.84. The summed E-state index contributed by atoms with van der Waals surface area (Å²) in [6, 6.07) is 15.9. The maximum absolute atomic E-state index is 14.7. The second-order valence-electron chi connectivity index (χ2n) is 7.99. The van der Waals surface area contributed by atoms with Gasteiger partial charge in [-0.05, 0) is 44.0 Å². The molecule has 2 atom stereocenters. The zero-order valence-corrected chi connectivity index (χ0v) is 17.7. The number of likely N-dealkylation sites (tertiary alicyclic amines) is 1. The lowest BCUT2D eigenvalue weighted by atomic mass is 9.97. The zero-order valence-electron chi connectivity index (χ0n) is 17.7. The van der Waals surface area contributed by atoms with Crippen molar-refractivity contribution >= 4 is 16.8 Å². The van der Waals surface area contributed by atoms with Gasteiger partial charge in [0.1, 0.15) is 11.9 Å². The van der Waals surface area contributed by atoms with Crippen LogP contribution < -0.4 is 4.74 Å². The van der Waals surface area contributed by atoms with E-state index in [0.29, 0.717) is 12.4 Å². The molecule has 1 saturated heterocycles. The molecular formula is C25H23FN4O2. The Kier molecular flexibility index (Phi) is 5.31. The Labute approximate surface area is 185 Å². The van der Waals surface area contributed by atoms with Gasteiger partial charge in [0.15, 0.2) is 11.7 Å². The highest BCUT2D eigenvalue weighted by Crippen LogP contribution is 2.30. The molecule has 162 valence electrons. The van der Waals surface area contributed by atoms with Crippen LogP contribution >= 0.6 is 0 Å². The molecule has 4 aromatic rings. The first-order chi connectivity index (χ1) is 15.6. The van der Waals surface area contributed by atoms with Crippen LogP contribution in [0, 0.1) is 5.82 Å². The summed E-state index contributed by atoms with van der Waals surface area (Å²) in [7, 11) is 0. The number of aromatic amines is 1. The monoisotopic (exact) mass is 430 g/mol. The van der Waals surface area contributed by atoms with Gasteiger partial charge < -0.3 is 14.6 Å². The molecule has 32 heavy (non-hydrogen) atoms. The highest BCUT2D eigenvalue weighted by atomic mass is 19.1. The third-order valence-electron chi connectivity index (χ3n) is 6.00. The molecule has 7 heteroatoms. The SMILES string of the molecule is C[C@H]1[C@H](Oc2cc3ccccc3[nH]2)CCCN1C(=O)c1cccc(F)c1-c1ncccn1. The van der Waals surface area contributed by atoms with Gasteiger partial charge in [0.05, 0.1) is 17.2 Å². The number of fused-ring (bicyclic) bond motifs is 1. The molecule has 0 unspecified atom stereocenters. The number of hydrogen-bond donors (Lipinski definition) is 1.